The average Bonchev–Trinajstić information content (AvgIpc) is 3.00. The van der Waals surface area contributed by atoms with Crippen LogP contribution in [0.25, 0.3) is 0 Å². The van der Waals surface area contributed by atoms with Gasteiger partial charge in [-0.05, 0) is 97.2 Å². The van der Waals surface area contributed by atoms with Crippen molar-refractivity contribution < 1.29 is 5.11 Å². The number of hydrogen-bond acceptors (Lipinski definition) is 1. The first kappa shape index (κ1) is 21.9. The minimum atomic E-state index is -0.0884. The summed E-state index contributed by atoms with van der Waals surface area (Å²) in [6, 6.07) is 0. The highest BCUT2D eigenvalue weighted by Gasteiger charge is 2.60. The summed E-state index contributed by atoms with van der Waals surface area (Å²) in [5, 5.41) is 10.3. The SMILES string of the molecule is CC(C)CCC[C@@H](C)[C@H]1CC[C@H]2[C@@H]3C(C)C=C4C[C@@H](O)CC[C@]4(C)[C@H]3CC[C@]12C. The monoisotopic (exact) mass is 400 g/mol. The van der Waals surface area contributed by atoms with Crippen LogP contribution in [0.3, 0.4) is 0 Å². The van der Waals surface area contributed by atoms with Gasteiger partial charge in [-0.25, -0.2) is 0 Å². The molecule has 4 aliphatic rings. The molecule has 0 spiro atoms. The summed E-state index contributed by atoms with van der Waals surface area (Å²) in [4.78, 5) is 0. The van der Waals surface area contributed by atoms with Gasteiger partial charge in [0, 0.05) is 0 Å². The van der Waals surface area contributed by atoms with E-state index in [0.29, 0.717) is 16.7 Å². The number of aliphatic hydroxyl groups is 1. The van der Waals surface area contributed by atoms with Crippen molar-refractivity contribution in [1.29, 1.82) is 0 Å². The fraction of sp³-hybridized carbons (Fsp3) is 0.929. The van der Waals surface area contributed by atoms with Crippen LogP contribution in [0.1, 0.15) is 106 Å². The second-order valence-corrected chi connectivity index (χ2v) is 12.7. The van der Waals surface area contributed by atoms with Gasteiger partial charge in [0.2, 0.25) is 0 Å². The van der Waals surface area contributed by atoms with E-state index >= 15 is 0 Å². The zero-order chi connectivity index (χ0) is 21.0. The van der Waals surface area contributed by atoms with Gasteiger partial charge in [-0.2, -0.15) is 0 Å². The molecule has 0 radical (unpaired) electrons. The van der Waals surface area contributed by atoms with Crippen LogP contribution in [-0.2, 0) is 0 Å². The van der Waals surface area contributed by atoms with Crippen LogP contribution in [-0.4, -0.2) is 11.2 Å². The van der Waals surface area contributed by atoms with Gasteiger partial charge in [0.1, 0.15) is 0 Å². The van der Waals surface area contributed by atoms with E-state index in [1.165, 1.54) is 51.4 Å². The molecule has 3 saturated carbocycles. The van der Waals surface area contributed by atoms with E-state index in [1.54, 1.807) is 5.57 Å². The van der Waals surface area contributed by atoms with E-state index in [4.69, 9.17) is 0 Å². The van der Waals surface area contributed by atoms with Gasteiger partial charge in [0.15, 0.2) is 0 Å². The molecular weight excluding hydrogens is 352 g/mol. The van der Waals surface area contributed by atoms with Crippen molar-refractivity contribution in [2.45, 2.75) is 112 Å². The Bertz CT molecular complexity index is 620. The van der Waals surface area contributed by atoms with Gasteiger partial charge in [0.25, 0.3) is 0 Å². The molecule has 3 fully saturated rings. The van der Waals surface area contributed by atoms with Crippen molar-refractivity contribution >= 4 is 0 Å². The molecule has 4 aliphatic carbocycles. The van der Waals surface area contributed by atoms with Gasteiger partial charge in [0.05, 0.1) is 6.10 Å². The topological polar surface area (TPSA) is 20.2 Å². The second kappa shape index (κ2) is 7.99. The van der Waals surface area contributed by atoms with E-state index in [1.807, 2.05) is 0 Å². The molecule has 1 unspecified atom stereocenters. The number of rotatable bonds is 5. The maximum Gasteiger partial charge on any atom is 0.0577 e. The molecule has 4 rings (SSSR count). The molecule has 0 aliphatic heterocycles. The van der Waals surface area contributed by atoms with Crippen molar-refractivity contribution in [1.82, 2.24) is 0 Å². The Labute approximate surface area is 181 Å². The molecule has 0 saturated heterocycles. The standard InChI is InChI=1S/C28H48O/c1-18(2)8-7-9-19(3)23-10-11-24-26-20(4)16-21-17-22(29)12-14-27(21,5)25(26)13-15-28(23,24)6/h16,18-20,22-26,29H,7-15,17H2,1-6H3/t19-,20?,22+,23-,24+,25+,26+,27+,28-/m1/s1. The van der Waals surface area contributed by atoms with E-state index < -0.39 is 0 Å². The summed E-state index contributed by atoms with van der Waals surface area (Å²) in [5.74, 6) is 6.06. The normalized spacial score (nSPS) is 47.9. The van der Waals surface area contributed by atoms with Crippen LogP contribution in [0.2, 0.25) is 0 Å². The lowest BCUT2D eigenvalue weighted by Crippen LogP contribution is -2.53. The fourth-order valence-electron chi connectivity index (χ4n) is 9.02. The van der Waals surface area contributed by atoms with Crippen molar-refractivity contribution in [3.05, 3.63) is 11.6 Å². The van der Waals surface area contributed by atoms with Crippen LogP contribution >= 0.6 is 0 Å². The molecule has 0 aromatic carbocycles. The average molecular weight is 401 g/mol. The zero-order valence-corrected chi connectivity index (χ0v) is 20.2. The van der Waals surface area contributed by atoms with E-state index in [2.05, 4.69) is 47.6 Å². The van der Waals surface area contributed by atoms with Crippen LogP contribution in [0.4, 0.5) is 0 Å². The van der Waals surface area contributed by atoms with E-state index in [9.17, 15) is 5.11 Å². The lowest BCUT2D eigenvalue weighted by atomic mass is 9.45. The first-order valence-corrected chi connectivity index (χ1v) is 13.1. The molecule has 0 bridgehead atoms. The van der Waals surface area contributed by atoms with Crippen molar-refractivity contribution in [2.75, 3.05) is 0 Å². The predicted octanol–water partition coefficient (Wildman–Crippen LogP) is 7.63. The van der Waals surface area contributed by atoms with E-state index in [-0.39, 0.29) is 6.10 Å². The molecule has 29 heavy (non-hydrogen) atoms. The van der Waals surface area contributed by atoms with Crippen LogP contribution in [0.15, 0.2) is 11.6 Å². The first-order chi connectivity index (χ1) is 13.7. The quantitative estimate of drug-likeness (QED) is 0.470. The largest absolute Gasteiger partial charge is 0.393 e. The molecule has 0 amide bonds. The summed E-state index contributed by atoms with van der Waals surface area (Å²) in [7, 11) is 0. The third-order valence-electron chi connectivity index (χ3n) is 10.6. The Morgan fingerprint density at radius 2 is 1.76 bits per heavy atom. The molecule has 0 heterocycles. The van der Waals surface area contributed by atoms with Crippen LogP contribution in [0.5, 0.6) is 0 Å². The maximum atomic E-state index is 10.3. The molecule has 0 aromatic heterocycles. The number of aliphatic hydroxyl groups excluding tert-OH is 1. The molecule has 9 atom stereocenters. The molecule has 1 nitrogen and oxygen atoms in total. The number of hydrogen-bond donors (Lipinski definition) is 1. The minimum Gasteiger partial charge on any atom is -0.393 e. The second-order valence-electron chi connectivity index (χ2n) is 12.7. The Balaban J connectivity index is 1.54. The van der Waals surface area contributed by atoms with Crippen molar-refractivity contribution in [3.8, 4) is 0 Å². The Hall–Kier alpha value is -0.300. The number of allylic oxidation sites excluding steroid dienone is 1. The van der Waals surface area contributed by atoms with Gasteiger partial charge >= 0.3 is 0 Å². The Morgan fingerprint density at radius 1 is 1.00 bits per heavy atom. The summed E-state index contributed by atoms with van der Waals surface area (Å²) in [6.07, 6.45) is 15.8. The highest BCUT2D eigenvalue weighted by molar-refractivity contribution is 5.26. The third-order valence-corrected chi connectivity index (χ3v) is 10.6. The lowest BCUT2D eigenvalue weighted by molar-refractivity contribution is -0.0731. The molecular formula is C28H48O. The van der Waals surface area contributed by atoms with Crippen molar-refractivity contribution in [3.63, 3.8) is 0 Å². The summed E-state index contributed by atoms with van der Waals surface area (Å²) >= 11 is 0. The predicted molar refractivity (Wildman–Crippen MR) is 124 cm³/mol. The fourth-order valence-corrected chi connectivity index (χ4v) is 9.02. The Morgan fingerprint density at radius 3 is 2.48 bits per heavy atom. The maximum absolute atomic E-state index is 10.3. The summed E-state index contributed by atoms with van der Waals surface area (Å²) in [6.45, 7) is 15.1. The first-order valence-electron chi connectivity index (χ1n) is 13.1. The van der Waals surface area contributed by atoms with Gasteiger partial charge in [-0.1, -0.05) is 72.5 Å². The minimum absolute atomic E-state index is 0.0884. The number of fused-ring (bicyclic) bond motifs is 5. The zero-order valence-electron chi connectivity index (χ0n) is 20.2. The highest BCUT2D eigenvalue weighted by atomic mass is 16.3. The lowest BCUT2D eigenvalue weighted by Gasteiger charge is -2.60. The third kappa shape index (κ3) is 3.66. The smallest absolute Gasteiger partial charge is 0.0577 e. The molecule has 166 valence electrons. The van der Waals surface area contributed by atoms with Crippen molar-refractivity contribution in [2.24, 2.45) is 52.3 Å². The highest BCUT2D eigenvalue weighted by Crippen LogP contribution is 2.68. The van der Waals surface area contributed by atoms with Gasteiger partial charge in [-0.15, -0.1) is 0 Å². The van der Waals surface area contributed by atoms with Gasteiger partial charge < -0.3 is 5.11 Å². The van der Waals surface area contributed by atoms with Gasteiger partial charge in [-0.3, -0.25) is 0 Å². The molecule has 1 heteroatoms. The summed E-state index contributed by atoms with van der Waals surface area (Å²) < 4.78 is 0. The molecule has 0 aromatic rings. The Kier molecular flexibility index (Phi) is 6.04. The van der Waals surface area contributed by atoms with Crippen LogP contribution < -0.4 is 0 Å². The summed E-state index contributed by atoms with van der Waals surface area (Å²) in [5.41, 5.74) is 2.56. The van der Waals surface area contributed by atoms with E-state index in [0.717, 1.165) is 48.3 Å². The van der Waals surface area contributed by atoms with Crippen LogP contribution in [0, 0.1) is 52.3 Å². The molecule has 1 N–H and O–H groups in total.